The third kappa shape index (κ3) is 2.43. The van der Waals surface area contributed by atoms with E-state index in [1.807, 2.05) is 11.8 Å². The molecule has 1 saturated heterocycles. The van der Waals surface area contributed by atoms with Gasteiger partial charge < -0.3 is 20.1 Å². The van der Waals surface area contributed by atoms with Crippen molar-refractivity contribution in [2.75, 3.05) is 11.4 Å². The number of aromatic nitrogens is 1. The van der Waals surface area contributed by atoms with Gasteiger partial charge in [0.15, 0.2) is 0 Å². The molecule has 1 aliphatic rings. The van der Waals surface area contributed by atoms with Crippen molar-refractivity contribution >= 4 is 11.5 Å². The molecule has 0 amide bonds. The van der Waals surface area contributed by atoms with E-state index in [1.165, 1.54) is 6.20 Å². The summed E-state index contributed by atoms with van der Waals surface area (Å²) in [5, 5.41) is 20.7. The minimum atomic E-state index is -0.451. The zero-order valence-electron chi connectivity index (χ0n) is 10.3. The zero-order valence-corrected chi connectivity index (χ0v) is 10.3. The summed E-state index contributed by atoms with van der Waals surface area (Å²) in [5.41, 5.74) is 0.557. The van der Waals surface area contributed by atoms with Crippen LogP contribution >= 0.6 is 0 Å². The van der Waals surface area contributed by atoms with Crippen molar-refractivity contribution < 1.29 is 10.0 Å². The van der Waals surface area contributed by atoms with E-state index in [9.17, 15) is 15.2 Å². The topological polar surface area (TPSA) is 79.5 Å². The fourth-order valence-electron chi connectivity index (χ4n) is 2.49. The first-order valence-corrected chi connectivity index (χ1v) is 6.17. The monoisotopic (exact) mass is 251 g/mol. The first kappa shape index (κ1) is 12.8. The molecule has 1 aromatic heterocycles. The lowest BCUT2D eigenvalue weighted by molar-refractivity contribution is -0.388. The summed E-state index contributed by atoms with van der Waals surface area (Å²) in [6.07, 6.45) is 3.28. The fourth-order valence-corrected chi connectivity index (χ4v) is 2.49. The second-order valence-corrected chi connectivity index (χ2v) is 4.54. The number of anilines is 1. The van der Waals surface area contributed by atoms with Crippen LogP contribution in [0.1, 0.15) is 26.2 Å². The number of nitrogens with zero attached hydrogens (tertiary/aromatic N) is 3. The predicted octanol–water partition coefficient (Wildman–Crippen LogP) is 1.73. The van der Waals surface area contributed by atoms with Crippen LogP contribution in [0, 0.1) is 10.1 Å². The highest BCUT2D eigenvalue weighted by atomic mass is 16.6. The number of hydrogen-bond acceptors (Lipinski definition) is 5. The minimum Gasteiger partial charge on any atom is -0.393 e. The summed E-state index contributed by atoms with van der Waals surface area (Å²) in [6.45, 7) is 2.66. The Hall–Kier alpha value is -1.69. The molecule has 1 aliphatic heterocycles. The van der Waals surface area contributed by atoms with Gasteiger partial charge in [-0.1, -0.05) is 6.92 Å². The number of nitro groups is 1. The average molecular weight is 251 g/mol. The Morgan fingerprint density at radius 2 is 2.44 bits per heavy atom. The first-order valence-electron chi connectivity index (χ1n) is 6.17. The molecular weight excluding hydrogens is 234 g/mol. The molecule has 0 saturated carbocycles. The van der Waals surface area contributed by atoms with Crippen LogP contribution in [0.2, 0.25) is 0 Å². The summed E-state index contributed by atoms with van der Waals surface area (Å²) in [4.78, 5) is 16.4. The second-order valence-electron chi connectivity index (χ2n) is 4.54. The number of piperidine rings is 1. The lowest BCUT2D eigenvalue weighted by Gasteiger charge is -2.38. The summed E-state index contributed by atoms with van der Waals surface area (Å²) < 4.78 is 0. The Morgan fingerprint density at radius 3 is 3.11 bits per heavy atom. The van der Waals surface area contributed by atoms with Crippen molar-refractivity contribution in [3.05, 3.63) is 28.4 Å². The molecule has 0 spiro atoms. The average Bonchev–Trinajstić information content (AvgIpc) is 2.38. The van der Waals surface area contributed by atoms with Crippen LogP contribution in [0.25, 0.3) is 0 Å². The lowest BCUT2D eigenvalue weighted by atomic mass is 9.97. The molecule has 0 bridgehead atoms. The normalized spacial score (nSPS) is 24.0. The number of aliphatic hydroxyl groups is 1. The zero-order chi connectivity index (χ0) is 13.1. The number of aliphatic hydroxyl groups excluding tert-OH is 1. The molecular formula is C12H17N3O3. The second kappa shape index (κ2) is 5.30. The lowest BCUT2D eigenvalue weighted by Crippen LogP contribution is -2.44. The third-order valence-electron chi connectivity index (χ3n) is 3.41. The summed E-state index contributed by atoms with van der Waals surface area (Å²) in [5.74, 6) is -0.104. The van der Waals surface area contributed by atoms with Gasteiger partial charge in [0, 0.05) is 12.6 Å². The fraction of sp³-hybridized carbons (Fsp3) is 0.583. The molecule has 18 heavy (non-hydrogen) atoms. The van der Waals surface area contributed by atoms with E-state index in [4.69, 9.17) is 0 Å². The summed E-state index contributed by atoms with van der Waals surface area (Å²) >= 11 is 0. The number of rotatable bonds is 3. The van der Waals surface area contributed by atoms with Crippen LogP contribution in [0.4, 0.5) is 11.5 Å². The highest BCUT2D eigenvalue weighted by molar-refractivity contribution is 5.59. The van der Waals surface area contributed by atoms with E-state index < -0.39 is 4.92 Å². The van der Waals surface area contributed by atoms with E-state index in [0.29, 0.717) is 25.1 Å². The van der Waals surface area contributed by atoms with Crippen molar-refractivity contribution in [1.29, 1.82) is 0 Å². The molecule has 2 rings (SSSR count). The van der Waals surface area contributed by atoms with Crippen LogP contribution in [-0.4, -0.2) is 33.7 Å². The van der Waals surface area contributed by atoms with Gasteiger partial charge in [0.2, 0.25) is 0 Å². The van der Waals surface area contributed by atoms with E-state index in [-0.39, 0.29) is 18.0 Å². The molecule has 1 aromatic rings. The van der Waals surface area contributed by atoms with E-state index >= 15 is 0 Å². The standard InChI is InChI=1S/C12H17N3O3/c1-2-9-8-10(16)5-7-14(9)11-4-3-6-13-12(11)15(17)18/h3-4,6,9-10,16H,2,5,7-8H2,1H3. The maximum Gasteiger partial charge on any atom is 0.387 e. The summed E-state index contributed by atoms with van der Waals surface area (Å²) in [7, 11) is 0. The van der Waals surface area contributed by atoms with Gasteiger partial charge in [-0.25, -0.2) is 0 Å². The van der Waals surface area contributed by atoms with Crippen LogP contribution in [0.5, 0.6) is 0 Å². The van der Waals surface area contributed by atoms with Gasteiger partial charge in [0.25, 0.3) is 0 Å². The SMILES string of the molecule is CCC1CC(O)CCN1c1cccnc1[N+](=O)[O-]. The van der Waals surface area contributed by atoms with Gasteiger partial charge in [-0.15, -0.1) is 0 Å². The molecule has 0 aromatic carbocycles. The van der Waals surface area contributed by atoms with Crippen molar-refractivity contribution in [3.63, 3.8) is 0 Å². The maximum atomic E-state index is 11.0. The van der Waals surface area contributed by atoms with Crippen LogP contribution < -0.4 is 4.90 Å². The molecule has 6 heteroatoms. The van der Waals surface area contributed by atoms with Gasteiger partial charge in [0.1, 0.15) is 11.9 Å². The predicted molar refractivity (Wildman–Crippen MR) is 67.6 cm³/mol. The number of hydrogen-bond donors (Lipinski definition) is 1. The Morgan fingerprint density at radius 1 is 1.67 bits per heavy atom. The van der Waals surface area contributed by atoms with E-state index in [2.05, 4.69) is 4.98 Å². The van der Waals surface area contributed by atoms with E-state index in [0.717, 1.165) is 6.42 Å². The van der Waals surface area contributed by atoms with Gasteiger partial charge in [-0.05, 0) is 41.3 Å². The molecule has 1 N–H and O–H groups in total. The first-order chi connectivity index (χ1) is 8.63. The molecule has 2 atom stereocenters. The Bertz CT molecular complexity index is 438. The Balaban J connectivity index is 2.32. The van der Waals surface area contributed by atoms with Crippen LogP contribution in [-0.2, 0) is 0 Å². The van der Waals surface area contributed by atoms with Gasteiger partial charge in [-0.3, -0.25) is 0 Å². The van der Waals surface area contributed by atoms with Crippen molar-refractivity contribution in [3.8, 4) is 0 Å². The molecule has 0 radical (unpaired) electrons. The quantitative estimate of drug-likeness (QED) is 0.653. The van der Waals surface area contributed by atoms with Gasteiger partial charge >= 0.3 is 5.82 Å². The van der Waals surface area contributed by atoms with Gasteiger partial charge in [-0.2, -0.15) is 0 Å². The van der Waals surface area contributed by atoms with Crippen LogP contribution in [0.3, 0.4) is 0 Å². The molecule has 2 heterocycles. The van der Waals surface area contributed by atoms with Crippen LogP contribution in [0.15, 0.2) is 18.3 Å². The minimum absolute atomic E-state index is 0.104. The smallest absolute Gasteiger partial charge is 0.387 e. The van der Waals surface area contributed by atoms with Crippen molar-refractivity contribution in [2.45, 2.75) is 38.3 Å². The van der Waals surface area contributed by atoms with Crippen molar-refractivity contribution in [2.24, 2.45) is 0 Å². The number of pyridine rings is 1. The Labute approximate surface area is 105 Å². The summed E-state index contributed by atoms with van der Waals surface area (Å²) in [6, 6.07) is 3.57. The third-order valence-corrected chi connectivity index (χ3v) is 3.41. The molecule has 98 valence electrons. The molecule has 1 fully saturated rings. The highest BCUT2D eigenvalue weighted by Crippen LogP contribution is 2.32. The largest absolute Gasteiger partial charge is 0.393 e. The Kier molecular flexibility index (Phi) is 3.76. The van der Waals surface area contributed by atoms with Crippen molar-refractivity contribution in [1.82, 2.24) is 4.98 Å². The maximum absolute atomic E-state index is 11.0. The molecule has 0 aliphatic carbocycles. The molecule has 6 nitrogen and oxygen atoms in total. The molecule has 2 unspecified atom stereocenters. The van der Waals surface area contributed by atoms with E-state index in [1.54, 1.807) is 12.1 Å². The highest BCUT2D eigenvalue weighted by Gasteiger charge is 2.30. The van der Waals surface area contributed by atoms with Gasteiger partial charge in [0.05, 0.1) is 6.10 Å².